The molecule has 0 fully saturated rings. The lowest BCUT2D eigenvalue weighted by Crippen LogP contribution is -2.36. The molecule has 2 rings (SSSR count). The van der Waals surface area contributed by atoms with Crippen LogP contribution in [0.4, 0.5) is 4.39 Å². The molecule has 21 heavy (non-hydrogen) atoms. The van der Waals surface area contributed by atoms with Gasteiger partial charge in [0, 0.05) is 18.7 Å². The SMILES string of the molecule is NCC(Cc1ccccc1)C(=O)NCc1ccccc1F. The van der Waals surface area contributed by atoms with Crippen molar-refractivity contribution in [2.24, 2.45) is 11.7 Å². The average Bonchev–Trinajstić information content (AvgIpc) is 2.52. The van der Waals surface area contributed by atoms with Crippen LogP contribution in [-0.4, -0.2) is 12.5 Å². The van der Waals surface area contributed by atoms with Crippen LogP contribution in [-0.2, 0) is 17.8 Å². The number of nitrogens with two attached hydrogens (primary N) is 1. The van der Waals surface area contributed by atoms with E-state index in [0.29, 0.717) is 12.0 Å². The van der Waals surface area contributed by atoms with Crippen LogP contribution in [0.25, 0.3) is 0 Å². The van der Waals surface area contributed by atoms with E-state index in [9.17, 15) is 9.18 Å². The molecular weight excluding hydrogens is 267 g/mol. The third-order valence-corrected chi connectivity index (χ3v) is 3.39. The molecule has 110 valence electrons. The number of amides is 1. The monoisotopic (exact) mass is 286 g/mol. The molecule has 0 aliphatic carbocycles. The number of hydrogen-bond donors (Lipinski definition) is 2. The first-order valence-electron chi connectivity index (χ1n) is 6.96. The van der Waals surface area contributed by atoms with Crippen LogP contribution >= 0.6 is 0 Å². The molecular formula is C17H19FN2O. The zero-order valence-corrected chi connectivity index (χ0v) is 11.8. The van der Waals surface area contributed by atoms with Crippen molar-refractivity contribution in [2.75, 3.05) is 6.54 Å². The summed E-state index contributed by atoms with van der Waals surface area (Å²) in [7, 11) is 0. The molecule has 3 N–H and O–H groups in total. The van der Waals surface area contributed by atoms with E-state index in [4.69, 9.17) is 5.73 Å². The fourth-order valence-corrected chi connectivity index (χ4v) is 2.15. The van der Waals surface area contributed by atoms with Gasteiger partial charge in [-0.15, -0.1) is 0 Å². The molecule has 0 heterocycles. The molecule has 1 amide bonds. The van der Waals surface area contributed by atoms with Gasteiger partial charge in [0.1, 0.15) is 5.82 Å². The zero-order valence-electron chi connectivity index (χ0n) is 11.8. The minimum Gasteiger partial charge on any atom is -0.352 e. The summed E-state index contributed by atoms with van der Waals surface area (Å²) in [5.41, 5.74) is 7.22. The number of hydrogen-bond acceptors (Lipinski definition) is 2. The number of benzene rings is 2. The van der Waals surface area contributed by atoms with E-state index in [-0.39, 0.29) is 30.7 Å². The average molecular weight is 286 g/mol. The Morgan fingerprint density at radius 3 is 2.43 bits per heavy atom. The van der Waals surface area contributed by atoms with Crippen LogP contribution in [0.3, 0.4) is 0 Å². The normalized spacial score (nSPS) is 11.9. The molecule has 0 saturated heterocycles. The minimum atomic E-state index is -0.315. The highest BCUT2D eigenvalue weighted by atomic mass is 19.1. The Labute approximate surface area is 124 Å². The molecule has 0 spiro atoms. The van der Waals surface area contributed by atoms with E-state index in [1.165, 1.54) is 6.07 Å². The van der Waals surface area contributed by atoms with Crippen LogP contribution < -0.4 is 11.1 Å². The van der Waals surface area contributed by atoms with Crippen LogP contribution in [0.15, 0.2) is 54.6 Å². The van der Waals surface area contributed by atoms with Gasteiger partial charge < -0.3 is 11.1 Å². The van der Waals surface area contributed by atoms with Gasteiger partial charge in [-0.1, -0.05) is 48.5 Å². The van der Waals surface area contributed by atoms with Crippen molar-refractivity contribution in [3.63, 3.8) is 0 Å². The molecule has 0 aliphatic heterocycles. The van der Waals surface area contributed by atoms with Gasteiger partial charge in [0.2, 0.25) is 5.91 Å². The van der Waals surface area contributed by atoms with Gasteiger partial charge in [0.15, 0.2) is 0 Å². The number of nitrogens with one attached hydrogen (secondary N) is 1. The Morgan fingerprint density at radius 2 is 1.76 bits per heavy atom. The van der Waals surface area contributed by atoms with Crippen molar-refractivity contribution in [3.05, 3.63) is 71.5 Å². The number of halogens is 1. The van der Waals surface area contributed by atoms with E-state index in [2.05, 4.69) is 5.32 Å². The Morgan fingerprint density at radius 1 is 1.10 bits per heavy atom. The van der Waals surface area contributed by atoms with Crippen molar-refractivity contribution in [1.82, 2.24) is 5.32 Å². The summed E-state index contributed by atoms with van der Waals surface area (Å²) >= 11 is 0. The van der Waals surface area contributed by atoms with Crippen molar-refractivity contribution in [1.29, 1.82) is 0 Å². The third-order valence-electron chi connectivity index (χ3n) is 3.39. The standard InChI is InChI=1S/C17H19FN2O/c18-16-9-5-4-8-14(16)12-20-17(21)15(11-19)10-13-6-2-1-3-7-13/h1-9,15H,10-12,19H2,(H,20,21). The Bertz CT molecular complexity index is 586. The molecule has 0 aromatic heterocycles. The fourth-order valence-electron chi connectivity index (χ4n) is 2.15. The highest BCUT2D eigenvalue weighted by Crippen LogP contribution is 2.10. The highest BCUT2D eigenvalue weighted by molar-refractivity contribution is 5.79. The first-order valence-corrected chi connectivity index (χ1v) is 6.96. The molecule has 1 atom stereocenters. The predicted molar refractivity (Wildman–Crippen MR) is 80.9 cm³/mol. The predicted octanol–water partition coefficient (Wildman–Crippen LogP) is 2.26. The maximum atomic E-state index is 13.5. The van der Waals surface area contributed by atoms with Crippen LogP contribution in [0, 0.1) is 11.7 Å². The minimum absolute atomic E-state index is 0.149. The number of carbonyl (C=O) groups excluding carboxylic acids is 1. The Hall–Kier alpha value is -2.20. The lowest BCUT2D eigenvalue weighted by atomic mass is 9.98. The van der Waals surface area contributed by atoms with Gasteiger partial charge in [0.25, 0.3) is 0 Å². The van der Waals surface area contributed by atoms with E-state index in [1.807, 2.05) is 30.3 Å². The highest BCUT2D eigenvalue weighted by Gasteiger charge is 2.17. The van der Waals surface area contributed by atoms with Gasteiger partial charge in [-0.2, -0.15) is 0 Å². The van der Waals surface area contributed by atoms with Crippen molar-refractivity contribution >= 4 is 5.91 Å². The molecule has 0 bridgehead atoms. The van der Waals surface area contributed by atoms with Crippen LogP contribution in [0.1, 0.15) is 11.1 Å². The fraction of sp³-hybridized carbons (Fsp3) is 0.235. The summed E-state index contributed by atoms with van der Waals surface area (Å²) in [6.45, 7) is 0.439. The summed E-state index contributed by atoms with van der Waals surface area (Å²) < 4.78 is 13.5. The second kappa shape index (κ2) is 7.55. The Kier molecular flexibility index (Phi) is 5.46. The second-order valence-electron chi connectivity index (χ2n) is 4.93. The summed E-state index contributed by atoms with van der Waals surface area (Å²) in [6, 6.07) is 16.1. The Balaban J connectivity index is 1.93. The topological polar surface area (TPSA) is 55.1 Å². The molecule has 4 heteroatoms. The lowest BCUT2D eigenvalue weighted by Gasteiger charge is -2.15. The lowest BCUT2D eigenvalue weighted by molar-refractivity contribution is -0.124. The van der Waals surface area contributed by atoms with E-state index < -0.39 is 0 Å². The third kappa shape index (κ3) is 4.39. The van der Waals surface area contributed by atoms with E-state index in [0.717, 1.165) is 5.56 Å². The summed E-state index contributed by atoms with van der Waals surface area (Å²) in [5.74, 6) is -0.770. The van der Waals surface area contributed by atoms with Crippen molar-refractivity contribution in [3.8, 4) is 0 Å². The summed E-state index contributed by atoms with van der Waals surface area (Å²) in [5, 5.41) is 2.75. The number of rotatable bonds is 6. The van der Waals surface area contributed by atoms with Gasteiger partial charge >= 0.3 is 0 Å². The van der Waals surface area contributed by atoms with Crippen LogP contribution in [0.2, 0.25) is 0 Å². The molecule has 3 nitrogen and oxygen atoms in total. The van der Waals surface area contributed by atoms with Gasteiger partial charge in [-0.05, 0) is 18.1 Å². The molecule has 2 aromatic rings. The molecule has 0 radical (unpaired) electrons. The maximum absolute atomic E-state index is 13.5. The van der Waals surface area contributed by atoms with E-state index in [1.54, 1.807) is 18.2 Å². The molecule has 2 aromatic carbocycles. The summed E-state index contributed by atoms with van der Waals surface area (Å²) in [6.07, 6.45) is 0.584. The van der Waals surface area contributed by atoms with Crippen molar-refractivity contribution in [2.45, 2.75) is 13.0 Å². The largest absolute Gasteiger partial charge is 0.352 e. The van der Waals surface area contributed by atoms with Gasteiger partial charge in [0.05, 0.1) is 5.92 Å². The van der Waals surface area contributed by atoms with E-state index >= 15 is 0 Å². The van der Waals surface area contributed by atoms with Gasteiger partial charge in [-0.3, -0.25) is 4.79 Å². The smallest absolute Gasteiger partial charge is 0.224 e. The molecule has 1 unspecified atom stereocenters. The molecule has 0 aliphatic rings. The van der Waals surface area contributed by atoms with Crippen molar-refractivity contribution < 1.29 is 9.18 Å². The zero-order chi connectivity index (χ0) is 15.1. The second-order valence-corrected chi connectivity index (χ2v) is 4.93. The summed E-state index contributed by atoms with van der Waals surface area (Å²) in [4.78, 5) is 12.1. The molecule has 0 saturated carbocycles. The van der Waals surface area contributed by atoms with Gasteiger partial charge in [-0.25, -0.2) is 4.39 Å². The first kappa shape index (κ1) is 15.2. The maximum Gasteiger partial charge on any atom is 0.224 e. The first-order chi connectivity index (χ1) is 10.2. The quantitative estimate of drug-likeness (QED) is 0.856. The van der Waals surface area contributed by atoms with Crippen LogP contribution in [0.5, 0.6) is 0 Å². The number of carbonyl (C=O) groups is 1.